The summed E-state index contributed by atoms with van der Waals surface area (Å²) in [6, 6.07) is 5.93. The minimum Gasteiger partial charge on any atom is -0.469 e. The number of nitrogens with zero attached hydrogens (tertiary/aromatic N) is 2. The molecule has 1 aromatic heterocycles. The van der Waals surface area contributed by atoms with Crippen molar-refractivity contribution < 1.29 is 29.0 Å². The van der Waals surface area contributed by atoms with E-state index in [9.17, 15) is 24.3 Å². The first-order valence-electron chi connectivity index (χ1n) is 15.0. The number of hydrogen-bond donors (Lipinski definition) is 3. The highest BCUT2D eigenvalue weighted by Crippen LogP contribution is 2.29. The van der Waals surface area contributed by atoms with Gasteiger partial charge in [0.25, 0.3) is 0 Å². The molecule has 2 unspecified atom stereocenters. The number of hydrogen-bond acceptors (Lipinski definition) is 8. The van der Waals surface area contributed by atoms with E-state index in [1.165, 1.54) is 12.0 Å². The van der Waals surface area contributed by atoms with Gasteiger partial charge < -0.3 is 25.4 Å². The van der Waals surface area contributed by atoms with Crippen LogP contribution in [0.2, 0.25) is 0 Å². The van der Waals surface area contributed by atoms with Gasteiger partial charge in [-0.3, -0.25) is 19.2 Å². The van der Waals surface area contributed by atoms with Gasteiger partial charge in [0.05, 0.1) is 35.3 Å². The van der Waals surface area contributed by atoms with Gasteiger partial charge in [0.1, 0.15) is 12.1 Å². The second-order valence-corrected chi connectivity index (χ2v) is 13.2. The number of carbonyl (C=O) groups excluding carboxylic acids is 4. The second kappa shape index (κ2) is 15.4. The second-order valence-electron chi connectivity index (χ2n) is 12.4. The first-order valence-corrected chi connectivity index (χ1v) is 15.8. The molecule has 3 rings (SSSR count). The molecule has 1 aliphatic rings. The number of aliphatic hydroxyl groups excluding tert-OH is 1. The van der Waals surface area contributed by atoms with E-state index >= 15 is 0 Å². The third-order valence-electron chi connectivity index (χ3n) is 7.82. The number of unbranched alkanes of at least 4 members (excludes halogenated alkanes) is 3. The van der Waals surface area contributed by atoms with Gasteiger partial charge in [-0.1, -0.05) is 57.9 Å². The van der Waals surface area contributed by atoms with E-state index in [4.69, 9.17) is 0 Å². The number of ether oxygens (including phenoxy) is 1. The third kappa shape index (κ3) is 9.59. The largest absolute Gasteiger partial charge is 0.469 e. The number of aliphatic hydroxyl groups is 1. The molecular formula is C32H46N4O6S. The molecule has 1 aliphatic heterocycles. The smallest absolute Gasteiger partial charge is 0.305 e. The molecule has 0 saturated carbocycles. The topological polar surface area (TPSA) is 138 Å². The Kier molecular flexibility index (Phi) is 12.3. The number of aryl methyl sites for hydroxylation is 1. The van der Waals surface area contributed by atoms with Crippen LogP contribution in [0.5, 0.6) is 0 Å². The molecule has 11 heteroatoms. The van der Waals surface area contributed by atoms with Crippen molar-refractivity contribution in [2.24, 2.45) is 5.41 Å². The summed E-state index contributed by atoms with van der Waals surface area (Å²) in [4.78, 5) is 58.1. The predicted molar refractivity (Wildman–Crippen MR) is 166 cm³/mol. The first kappa shape index (κ1) is 34.2. The third-order valence-corrected chi connectivity index (χ3v) is 8.80. The summed E-state index contributed by atoms with van der Waals surface area (Å²) >= 11 is 1.58. The van der Waals surface area contributed by atoms with Gasteiger partial charge in [0, 0.05) is 25.8 Å². The fourth-order valence-corrected chi connectivity index (χ4v) is 6.07. The standard InChI is InChI=1S/C32H46N4O6S/c1-20(22-13-15-23(16-14-22)28-21(2)33-19-43-28)34-30(40)25-17-24(37)18-36(25)31(41)29(32(3,4)5)35-26(38)11-9-7-8-10-12-27(39)42-6/h13-16,19-20,24-25,29,37H,7-12,17-18H2,1-6H3,(H,34,40)(H,35,38)/t20?,24-,25+,29?/m1/s1. The summed E-state index contributed by atoms with van der Waals surface area (Å²) in [6.45, 7) is 9.48. The molecule has 3 N–H and O–H groups in total. The van der Waals surface area contributed by atoms with Crippen molar-refractivity contribution >= 4 is 35.0 Å². The number of esters is 1. The van der Waals surface area contributed by atoms with Gasteiger partial charge in [0.2, 0.25) is 17.7 Å². The van der Waals surface area contributed by atoms with E-state index in [1.54, 1.807) is 11.3 Å². The van der Waals surface area contributed by atoms with Crippen molar-refractivity contribution in [3.8, 4) is 10.4 Å². The van der Waals surface area contributed by atoms with Crippen molar-refractivity contribution in [2.45, 2.75) is 104 Å². The SMILES string of the molecule is COC(=O)CCCCCCC(=O)NC(C(=O)N1C[C@H](O)C[C@H]1C(=O)NC(C)c1ccc(-c2scnc2C)cc1)C(C)(C)C. The van der Waals surface area contributed by atoms with Crippen molar-refractivity contribution in [3.05, 3.63) is 41.0 Å². The van der Waals surface area contributed by atoms with Gasteiger partial charge in [-0.15, -0.1) is 11.3 Å². The highest BCUT2D eigenvalue weighted by Gasteiger charge is 2.44. The van der Waals surface area contributed by atoms with Gasteiger partial charge in [-0.05, 0) is 43.2 Å². The Morgan fingerprint density at radius 2 is 1.72 bits per heavy atom. The maximum absolute atomic E-state index is 13.8. The lowest BCUT2D eigenvalue weighted by Crippen LogP contribution is -2.57. The first-order chi connectivity index (χ1) is 20.3. The molecule has 0 spiro atoms. The molecule has 2 heterocycles. The summed E-state index contributed by atoms with van der Waals surface area (Å²) in [5.41, 5.74) is 4.15. The maximum atomic E-state index is 13.8. The molecule has 0 aliphatic carbocycles. The number of thiazole rings is 1. The fourth-order valence-electron chi connectivity index (χ4n) is 5.26. The zero-order valence-corrected chi connectivity index (χ0v) is 27.0. The summed E-state index contributed by atoms with van der Waals surface area (Å²) < 4.78 is 4.64. The number of rotatable bonds is 13. The van der Waals surface area contributed by atoms with Crippen LogP contribution < -0.4 is 10.6 Å². The molecule has 3 amide bonds. The predicted octanol–water partition coefficient (Wildman–Crippen LogP) is 4.30. The lowest BCUT2D eigenvalue weighted by atomic mass is 9.85. The highest BCUT2D eigenvalue weighted by molar-refractivity contribution is 7.13. The molecule has 2 aromatic rings. The number of benzene rings is 1. The highest BCUT2D eigenvalue weighted by atomic mass is 32.1. The molecule has 0 bridgehead atoms. The summed E-state index contributed by atoms with van der Waals surface area (Å²) in [6.07, 6.45) is 2.83. The average Bonchev–Trinajstić information content (AvgIpc) is 3.57. The van der Waals surface area contributed by atoms with Crippen LogP contribution in [0.4, 0.5) is 0 Å². The number of methoxy groups -OCH3 is 1. The van der Waals surface area contributed by atoms with Crippen molar-refractivity contribution in [2.75, 3.05) is 13.7 Å². The molecule has 4 atom stereocenters. The average molecular weight is 615 g/mol. The summed E-state index contributed by atoms with van der Waals surface area (Å²) in [7, 11) is 1.36. The number of β-amino-alcohol motifs (C(OH)–C–C–N with tert-alkyl or cyclic N) is 1. The monoisotopic (exact) mass is 614 g/mol. The van der Waals surface area contributed by atoms with Gasteiger partial charge in [-0.25, -0.2) is 4.98 Å². The van der Waals surface area contributed by atoms with Crippen LogP contribution in [-0.4, -0.2) is 70.5 Å². The van der Waals surface area contributed by atoms with Gasteiger partial charge in [0.15, 0.2) is 0 Å². The molecule has 10 nitrogen and oxygen atoms in total. The summed E-state index contributed by atoms with van der Waals surface area (Å²) in [5, 5.41) is 16.4. The van der Waals surface area contributed by atoms with Crippen LogP contribution in [-0.2, 0) is 23.9 Å². The Hall–Kier alpha value is -3.31. The van der Waals surface area contributed by atoms with Crippen LogP contribution >= 0.6 is 11.3 Å². The molecule has 1 saturated heterocycles. The van der Waals surface area contributed by atoms with Crippen LogP contribution in [0.3, 0.4) is 0 Å². The molecule has 1 aromatic carbocycles. The van der Waals surface area contributed by atoms with E-state index < -0.39 is 23.6 Å². The number of carbonyl (C=O) groups is 4. The lowest BCUT2D eigenvalue weighted by molar-refractivity contribution is -0.144. The maximum Gasteiger partial charge on any atom is 0.305 e. The zero-order valence-electron chi connectivity index (χ0n) is 26.1. The number of aromatic nitrogens is 1. The van der Waals surface area contributed by atoms with Crippen molar-refractivity contribution in [3.63, 3.8) is 0 Å². The van der Waals surface area contributed by atoms with Gasteiger partial charge >= 0.3 is 5.97 Å². The molecular weight excluding hydrogens is 568 g/mol. The Morgan fingerprint density at radius 1 is 1.07 bits per heavy atom. The van der Waals surface area contributed by atoms with Crippen LogP contribution in [0, 0.1) is 12.3 Å². The zero-order chi connectivity index (χ0) is 31.7. The molecule has 0 radical (unpaired) electrons. The Labute approximate surface area is 258 Å². The normalized spacial score (nSPS) is 18.2. The van der Waals surface area contributed by atoms with E-state index in [2.05, 4.69) is 20.4 Å². The molecule has 1 fully saturated rings. The van der Waals surface area contributed by atoms with E-state index in [0.717, 1.165) is 34.5 Å². The quantitative estimate of drug-likeness (QED) is 0.226. The summed E-state index contributed by atoms with van der Waals surface area (Å²) in [5.74, 6) is -1.21. The fraction of sp³-hybridized carbons (Fsp3) is 0.594. The lowest BCUT2D eigenvalue weighted by Gasteiger charge is -2.35. The molecule has 43 heavy (non-hydrogen) atoms. The number of nitrogens with one attached hydrogen (secondary N) is 2. The van der Waals surface area contributed by atoms with Gasteiger partial charge in [-0.2, -0.15) is 0 Å². The van der Waals surface area contributed by atoms with E-state index in [1.807, 2.05) is 64.4 Å². The Morgan fingerprint density at radius 3 is 2.30 bits per heavy atom. The van der Waals surface area contributed by atoms with Crippen LogP contribution in [0.25, 0.3) is 10.4 Å². The van der Waals surface area contributed by atoms with E-state index in [-0.39, 0.29) is 49.1 Å². The number of amides is 3. The minimum absolute atomic E-state index is 0.0246. The number of likely N-dealkylation sites (tertiary alicyclic amines) is 1. The Bertz CT molecular complexity index is 1260. The van der Waals surface area contributed by atoms with E-state index in [0.29, 0.717) is 19.3 Å². The molecule has 236 valence electrons. The Balaban J connectivity index is 1.60. The van der Waals surface area contributed by atoms with Crippen LogP contribution in [0.1, 0.15) is 89.9 Å². The van der Waals surface area contributed by atoms with Crippen molar-refractivity contribution in [1.29, 1.82) is 0 Å². The van der Waals surface area contributed by atoms with Crippen molar-refractivity contribution in [1.82, 2.24) is 20.5 Å². The minimum atomic E-state index is -0.861. The van der Waals surface area contributed by atoms with Crippen LogP contribution in [0.15, 0.2) is 29.8 Å².